The number of aryl methyl sites for hydroxylation is 1. The maximum atomic E-state index is 12.2. The number of nitrogens with one attached hydrogen (secondary N) is 1. The van der Waals surface area contributed by atoms with Crippen LogP contribution in [0.1, 0.15) is 16.2 Å². The molecule has 0 aliphatic heterocycles. The molecule has 9 heteroatoms. The molecule has 5 nitrogen and oxygen atoms in total. The van der Waals surface area contributed by atoms with Crippen LogP contribution in [0.15, 0.2) is 28.8 Å². The number of hydrogen-bond donors (Lipinski definition) is 1. The number of nitrogens with zero attached hydrogens (tertiary/aromatic N) is 1. The van der Waals surface area contributed by atoms with Crippen LogP contribution in [0.3, 0.4) is 0 Å². The molecule has 0 unspecified atom stereocenters. The van der Waals surface area contributed by atoms with Crippen molar-refractivity contribution < 1.29 is 27.2 Å². The molecule has 0 saturated carbocycles. The molecule has 2 aromatic rings. The summed E-state index contributed by atoms with van der Waals surface area (Å²) in [6.45, 7) is 0.113. The first-order valence-electron chi connectivity index (χ1n) is 5.98. The number of aromatic nitrogens is 1. The Morgan fingerprint density at radius 3 is 2.73 bits per heavy atom. The lowest BCUT2D eigenvalue weighted by atomic mass is 10.2. The molecule has 0 fully saturated rings. The molecule has 1 aromatic carbocycles. The number of halogens is 4. The third-order valence-corrected chi connectivity index (χ3v) is 2.68. The van der Waals surface area contributed by atoms with Crippen molar-refractivity contribution in [2.24, 2.45) is 0 Å². The minimum absolute atomic E-state index is 0.00223. The summed E-state index contributed by atoms with van der Waals surface area (Å²) < 4.78 is 46.1. The standard InChI is InChI=1S/C13H10ClF3N2O3/c1-7-4-10(19-22-7)12(20)18-9-5-8(14)2-3-11(9)21-6-13(15,16)17/h2-5H,6H2,1H3,(H,18,20). The van der Waals surface area contributed by atoms with E-state index in [1.807, 2.05) is 0 Å². The highest BCUT2D eigenvalue weighted by Crippen LogP contribution is 2.30. The van der Waals surface area contributed by atoms with Gasteiger partial charge in [-0.15, -0.1) is 0 Å². The van der Waals surface area contributed by atoms with Crippen molar-refractivity contribution in [3.05, 3.63) is 40.7 Å². The van der Waals surface area contributed by atoms with Crippen LogP contribution in [0.25, 0.3) is 0 Å². The van der Waals surface area contributed by atoms with Gasteiger partial charge >= 0.3 is 6.18 Å². The second-order valence-corrected chi connectivity index (χ2v) is 4.76. The van der Waals surface area contributed by atoms with E-state index in [2.05, 4.69) is 15.2 Å². The maximum Gasteiger partial charge on any atom is 0.422 e. The summed E-state index contributed by atoms with van der Waals surface area (Å²) in [5, 5.41) is 6.12. The van der Waals surface area contributed by atoms with Gasteiger partial charge in [0.15, 0.2) is 12.3 Å². The van der Waals surface area contributed by atoms with E-state index in [0.717, 1.165) is 0 Å². The summed E-state index contributed by atoms with van der Waals surface area (Å²) in [6, 6.07) is 5.25. The molecular formula is C13H10ClF3N2O3. The fourth-order valence-electron chi connectivity index (χ4n) is 1.55. The molecule has 0 atom stereocenters. The number of ether oxygens (including phenoxy) is 1. The summed E-state index contributed by atoms with van der Waals surface area (Å²) in [5.74, 6) is -0.393. The van der Waals surface area contributed by atoms with Gasteiger partial charge in [0.05, 0.1) is 5.69 Å². The lowest BCUT2D eigenvalue weighted by Gasteiger charge is -2.13. The first kappa shape index (κ1) is 16.2. The van der Waals surface area contributed by atoms with Gasteiger partial charge in [0.1, 0.15) is 11.5 Å². The Labute approximate surface area is 128 Å². The van der Waals surface area contributed by atoms with Crippen molar-refractivity contribution in [3.63, 3.8) is 0 Å². The van der Waals surface area contributed by atoms with Gasteiger partial charge in [0.2, 0.25) is 0 Å². The zero-order valence-corrected chi connectivity index (χ0v) is 12.0. The van der Waals surface area contributed by atoms with Crippen molar-refractivity contribution in [3.8, 4) is 5.75 Å². The molecule has 2 rings (SSSR count). The highest BCUT2D eigenvalue weighted by Gasteiger charge is 2.29. The number of anilines is 1. The number of carbonyl (C=O) groups excluding carboxylic acids is 1. The molecule has 0 saturated heterocycles. The highest BCUT2D eigenvalue weighted by atomic mass is 35.5. The fourth-order valence-corrected chi connectivity index (χ4v) is 1.72. The van der Waals surface area contributed by atoms with Crippen LogP contribution >= 0.6 is 11.6 Å². The van der Waals surface area contributed by atoms with Gasteiger partial charge in [-0.05, 0) is 25.1 Å². The average molecular weight is 335 g/mol. The predicted molar refractivity (Wildman–Crippen MR) is 72.2 cm³/mol. The average Bonchev–Trinajstić information content (AvgIpc) is 2.83. The molecule has 1 N–H and O–H groups in total. The van der Waals surface area contributed by atoms with E-state index >= 15 is 0 Å². The first-order chi connectivity index (χ1) is 10.2. The topological polar surface area (TPSA) is 64.4 Å². The number of amides is 1. The van der Waals surface area contributed by atoms with Gasteiger partial charge in [-0.25, -0.2) is 0 Å². The predicted octanol–water partition coefficient (Wildman–Crippen LogP) is 3.83. The Morgan fingerprint density at radius 2 is 2.14 bits per heavy atom. The normalized spacial score (nSPS) is 11.3. The Kier molecular flexibility index (Phi) is 4.60. The smallest absolute Gasteiger partial charge is 0.422 e. The number of hydrogen-bond acceptors (Lipinski definition) is 4. The van der Waals surface area contributed by atoms with Gasteiger partial charge in [-0.1, -0.05) is 16.8 Å². The minimum atomic E-state index is -4.50. The molecule has 22 heavy (non-hydrogen) atoms. The molecule has 0 bridgehead atoms. The summed E-state index contributed by atoms with van der Waals surface area (Å²) in [7, 11) is 0. The third kappa shape index (κ3) is 4.39. The quantitative estimate of drug-likeness (QED) is 0.923. The van der Waals surface area contributed by atoms with E-state index in [4.69, 9.17) is 16.1 Å². The molecular weight excluding hydrogens is 325 g/mol. The van der Waals surface area contributed by atoms with Crippen LogP contribution in [0.4, 0.5) is 18.9 Å². The van der Waals surface area contributed by atoms with E-state index in [0.29, 0.717) is 5.76 Å². The Balaban J connectivity index is 2.18. The van der Waals surface area contributed by atoms with Gasteiger partial charge in [0.25, 0.3) is 5.91 Å². The Hall–Kier alpha value is -2.22. The zero-order valence-electron chi connectivity index (χ0n) is 11.2. The van der Waals surface area contributed by atoms with E-state index < -0.39 is 18.7 Å². The number of benzene rings is 1. The highest BCUT2D eigenvalue weighted by molar-refractivity contribution is 6.31. The summed E-state index contributed by atoms with van der Waals surface area (Å²) in [4.78, 5) is 11.9. The lowest BCUT2D eigenvalue weighted by molar-refractivity contribution is -0.153. The molecule has 1 amide bonds. The number of alkyl halides is 3. The molecule has 0 radical (unpaired) electrons. The molecule has 1 aromatic heterocycles. The molecule has 0 aliphatic rings. The fraction of sp³-hybridized carbons (Fsp3) is 0.231. The summed E-state index contributed by atoms with van der Waals surface area (Å²) in [5.41, 5.74) is -0.0124. The molecule has 0 aliphatic carbocycles. The first-order valence-corrected chi connectivity index (χ1v) is 6.36. The van der Waals surface area contributed by atoms with Crippen molar-refractivity contribution in [2.75, 3.05) is 11.9 Å². The van der Waals surface area contributed by atoms with Crippen molar-refractivity contribution >= 4 is 23.2 Å². The van der Waals surface area contributed by atoms with Crippen molar-refractivity contribution in [1.82, 2.24) is 5.16 Å². The largest absolute Gasteiger partial charge is 0.482 e. The van der Waals surface area contributed by atoms with E-state index in [9.17, 15) is 18.0 Å². The van der Waals surface area contributed by atoms with Crippen LogP contribution in [0.5, 0.6) is 5.75 Å². The number of carbonyl (C=O) groups is 1. The molecule has 118 valence electrons. The molecule has 1 heterocycles. The van der Waals surface area contributed by atoms with Crippen LogP contribution in [0.2, 0.25) is 5.02 Å². The second-order valence-electron chi connectivity index (χ2n) is 4.32. The number of rotatable bonds is 4. The SMILES string of the molecule is Cc1cc(C(=O)Nc2cc(Cl)ccc2OCC(F)(F)F)no1. The Bertz CT molecular complexity index is 685. The van der Waals surface area contributed by atoms with E-state index in [1.54, 1.807) is 6.92 Å². The van der Waals surface area contributed by atoms with Gasteiger partial charge < -0.3 is 14.6 Å². The van der Waals surface area contributed by atoms with E-state index in [-0.39, 0.29) is 22.2 Å². The lowest BCUT2D eigenvalue weighted by Crippen LogP contribution is -2.20. The van der Waals surface area contributed by atoms with Crippen molar-refractivity contribution in [2.45, 2.75) is 13.1 Å². The summed E-state index contributed by atoms with van der Waals surface area (Å²) in [6.07, 6.45) is -4.50. The molecule has 0 spiro atoms. The Morgan fingerprint density at radius 1 is 1.41 bits per heavy atom. The van der Waals surface area contributed by atoms with Gasteiger partial charge in [-0.3, -0.25) is 4.79 Å². The monoisotopic (exact) mass is 334 g/mol. The maximum absolute atomic E-state index is 12.2. The third-order valence-electron chi connectivity index (χ3n) is 2.44. The summed E-state index contributed by atoms with van der Waals surface area (Å²) >= 11 is 5.78. The minimum Gasteiger partial charge on any atom is -0.482 e. The van der Waals surface area contributed by atoms with Crippen LogP contribution in [-0.4, -0.2) is 23.8 Å². The second kappa shape index (κ2) is 6.27. The van der Waals surface area contributed by atoms with E-state index in [1.165, 1.54) is 24.3 Å². The van der Waals surface area contributed by atoms with Crippen molar-refractivity contribution in [1.29, 1.82) is 0 Å². The zero-order chi connectivity index (χ0) is 16.3. The van der Waals surface area contributed by atoms with Crippen LogP contribution in [-0.2, 0) is 0 Å². The van der Waals surface area contributed by atoms with Gasteiger partial charge in [-0.2, -0.15) is 13.2 Å². The van der Waals surface area contributed by atoms with Gasteiger partial charge in [0, 0.05) is 11.1 Å². The van der Waals surface area contributed by atoms with Crippen LogP contribution < -0.4 is 10.1 Å². The van der Waals surface area contributed by atoms with Crippen LogP contribution in [0, 0.1) is 6.92 Å².